The second-order valence-corrected chi connectivity index (χ2v) is 6.99. The number of aromatic nitrogens is 2. The summed E-state index contributed by atoms with van der Waals surface area (Å²) in [6.45, 7) is 7.63. The van der Waals surface area contributed by atoms with Crippen LogP contribution in [0.25, 0.3) is 0 Å². The van der Waals surface area contributed by atoms with Crippen molar-refractivity contribution in [1.29, 1.82) is 0 Å². The molecule has 0 radical (unpaired) electrons. The van der Waals surface area contributed by atoms with Gasteiger partial charge in [0, 0.05) is 26.1 Å². The molecule has 0 N–H and O–H groups in total. The molecule has 0 saturated carbocycles. The molecule has 0 aliphatic carbocycles. The van der Waals surface area contributed by atoms with Gasteiger partial charge in [-0.25, -0.2) is 0 Å². The lowest BCUT2D eigenvalue weighted by Gasteiger charge is -2.23. The molecule has 0 spiro atoms. The fraction of sp³-hybridized carbons (Fsp3) is 0.579. The fourth-order valence-electron chi connectivity index (χ4n) is 3.10. The van der Waals surface area contributed by atoms with Crippen LogP contribution in [0.5, 0.6) is 0 Å². The van der Waals surface area contributed by atoms with E-state index in [-0.39, 0.29) is 0 Å². The Morgan fingerprint density at radius 1 is 1.21 bits per heavy atom. The van der Waals surface area contributed by atoms with E-state index in [9.17, 15) is 0 Å². The standard InChI is InChI=1S/C19H27N3O2/c1-15(2)11-18-20-19(24-21-18)14-22(13-17-9-6-10-23-17)12-16-7-4-3-5-8-16/h3-5,7-8,15,17H,6,9-14H2,1-2H3. The summed E-state index contributed by atoms with van der Waals surface area (Å²) in [5, 5.41) is 4.10. The lowest BCUT2D eigenvalue weighted by atomic mass is 10.1. The van der Waals surface area contributed by atoms with E-state index in [4.69, 9.17) is 9.26 Å². The average Bonchev–Trinajstić information content (AvgIpc) is 3.20. The van der Waals surface area contributed by atoms with Crippen LogP contribution < -0.4 is 0 Å². The van der Waals surface area contributed by atoms with Crippen LogP contribution in [-0.4, -0.2) is 34.3 Å². The molecule has 1 fully saturated rings. The monoisotopic (exact) mass is 329 g/mol. The molecule has 1 aromatic heterocycles. The highest BCUT2D eigenvalue weighted by molar-refractivity contribution is 5.14. The van der Waals surface area contributed by atoms with Gasteiger partial charge in [0.1, 0.15) is 0 Å². The summed E-state index contributed by atoms with van der Waals surface area (Å²) in [7, 11) is 0. The van der Waals surface area contributed by atoms with Gasteiger partial charge in [-0.15, -0.1) is 0 Å². The predicted octanol–water partition coefficient (Wildman–Crippen LogP) is 3.45. The maximum atomic E-state index is 5.81. The topological polar surface area (TPSA) is 51.4 Å². The Balaban J connectivity index is 1.65. The summed E-state index contributed by atoms with van der Waals surface area (Å²) in [6.07, 6.45) is 3.46. The van der Waals surface area contributed by atoms with Crippen LogP contribution in [0.4, 0.5) is 0 Å². The number of hydrogen-bond donors (Lipinski definition) is 0. The molecule has 2 heterocycles. The Morgan fingerprint density at radius 3 is 2.75 bits per heavy atom. The van der Waals surface area contributed by atoms with Gasteiger partial charge in [0.15, 0.2) is 5.82 Å². The van der Waals surface area contributed by atoms with Crippen molar-refractivity contribution in [3.8, 4) is 0 Å². The van der Waals surface area contributed by atoms with Crippen LogP contribution in [0.3, 0.4) is 0 Å². The normalized spacial score (nSPS) is 17.9. The van der Waals surface area contributed by atoms with Crippen LogP contribution in [0.2, 0.25) is 0 Å². The van der Waals surface area contributed by atoms with E-state index in [2.05, 4.69) is 53.2 Å². The number of ether oxygens (including phenoxy) is 1. The van der Waals surface area contributed by atoms with Crippen molar-refractivity contribution in [3.05, 3.63) is 47.6 Å². The second kappa shape index (κ2) is 8.40. The SMILES string of the molecule is CC(C)Cc1noc(CN(Cc2ccccc2)CC2CCCO2)n1. The van der Waals surface area contributed by atoms with Crippen molar-refractivity contribution >= 4 is 0 Å². The molecule has 5 heteroatoms. The quantitative estimate of drug-likeness (QED) is 0.742. The van der Waals surface area contributed by atoms with Crippen molar-refractivity contribution in [1.82, 2.24) is 15.0 Å². The first-order valence-electron chi connectivity index (χ1n) is 8.88. The molecule has 1 saturated heterocycles. The van der Waals surface area contributed by atoms with Crippen molar-refractivity contribution in [2.45, 2.75) is 52.3 Å². The molecule has 24 heavy (non-hydrogen) atoms. The highest BCUT2D eigenvalue weighted by Gasteiger charge is 2.21. The van der Waals surface area contributed by atoms with E-state index < -0.39 is 0 Å². The minimum Gasteiger partial charge on any atom is -0.377 e. The smallest absolute Gasteiger partial charge is 0.240 e. The van der Waals surface area contributed by atoms with Crippen LogP contribution in [-0.2, 0) is 24.2 Å². The van der Waals surface area contributed by atoms with Gasteiger partial charge in [-0.05, 0) is 24.3 Å². The van der Waals surface area contributed by atoms with Gasteiger partial charge in [-0.1, -0.05) is 49.3 Å². The molecular weight excluding hydrogens is 302 g/mol. The molecule has 0 bridgehead atoms. The molecule has 2 aromatic rings. The third-order valence-corrected chi connectivity index (χ3v) is 4.19. The zero-order valence-electron chi connectivity index (χ0n) is 14.6. The van der Waals surface area contributed by atoms with Gasteiger partial charge in [0.25, 0.3) is 0 Å². The van der Waals surface area contributed by atoms with Crippen LogP contribution >= 0.6 is 0 Å². The summed E-state index contributed by atoms with van der Waals surface area (Å²) in [5.41, 5.74) is 1.29. The van der Waals surface area contributed by atoms with Gasteiger partial charge < -0.3 is 9.26 Å². The Bertz CT molecular complexity index is 606. The number of hydrogen-bond acceptors (Lipinski definition) is 5. The first-order valence-corrected chi connectivity index (χ1v) is 8.88. The largest absolute Gasteiger partial charge is 0.377 e. The molecule has 1 aliphatic rings. The Kier molecular flexibility index (Phi) is 5.99. The summed E-state index contributed by atoms with van der Waals surface area (Å²) in [4.78, 5) is 6.89. The molecule has 1 aromatic carbocycles. The minimum atomic E-state index is 0.312. The first-order chi connectivity index (χ1) is 11.7. The molecule has 130 valence electrons. The van der Waals surface area contributed by atoms with Gasteiger partial charge in [-0.2, -0.15) is 4.98 Å². The maximum absolute atomic E-state index is 5.81. The lowest BCUT2D eigenvalue weighted by molar-refractivity contribution is 0.0640. The van der Waals surface area contributed by atoms with Crippen molar-refractivity contribution in [2.75, 3.05) is 13.2 Å². The zero-order chi connectivity index (χ0) is 16.8. The molecule has 3 rings (SSSR count). The third kappa shape index (κ3) is 5.14. The van der Waals surface area contributed by atoms with Crippen molar-refractivity contribution in [3.63, 3.8) is 0 Å². The molecule has 5 nitrogen and oxygen atoms in total. The summed E-state index contributed by atoms with van der Waals surface area (Å²) in [6, 6.07) is 10.5. The van der Waals surface area contributed by atoms with E-state index in [1.807, 2.05) is 6.07 Å². The summed E-state index contributed by atoms with van der Waals surface area (Å²) in [5.74, 6) is 2.03. The molecule has 1 aliphatic heterocycles. The van der Waals surface area contributed by atoms with Crippen LogP contribution in [0.15, 0.2) is 34.9 Å². The first kappa shape index (κ1) is 17.1. The summed E-state index contributed by atoms with van der Waals surface area (Å²) >= 11 is 0. The Hall–Kier alpha value is -1.72. The predicted molar refractivity (Wildman–Crippen MR) is 92.4 cm³/mol. The van der Waals surface area contributed by atoms with Crippen LogP contribution in [0, 0.1) is 5.92 Å². The third-order valence-electron chi connectivity index (χ3n) is 4.19. The molecular formula is C19H27N3O2. The van der Waals surface area contributed by atoms with Crippen molar-refractivity contribution in [2.24, 2.45) is 5.92 Å². The van der Waals surface area contributed by atoms with Gasteiger partial charge in [-0.3, -0.25) is 4.90 Å². The lowest BCUT2D eigenvalue weighted by Crippen LogP contribution is -2.31. The van der Waals surface area contributed by atoms with Crippen LogP contribution in [0.1, 0.15) is 44.0 Å². The van der Waals surface area contributed by atoms with E-state index in [1.54, 1.807) is 0 Å². The fourth-order valence-corrected chi connectivity index (χ4v) is 3.10. The minimum absolute atomic E-state index is 0.312. The van der Waals surface area contributed by atoms with E-state index in [1.165, 1.54) is 5.56 Å². The van der Waals surface area contributed by atoms with Gasteiger partial charge in [0.05, 0.1) is 12.6 Å². The van der Waals surface area contributed by atoms with E-state index in [0.717, 1.165) is 44.8 Å². The summed E-state index contributed by atoms with van der Waals surface area (Å²) < 4.78 is 11.3. The number of rotatable bonds is 8. The zero-order valence-corrected chi connectivity index (χ0v) is 14.6. The number of benzene rings is 1. The highest BCUT2D eigenvalue weighted by atomic mass is 16.5. The highest BCUT2D eigenvalue weighted by Crippen LogP contribution is 2.17. The van der Waals surface area contributed by atoms with Gasteiger partial charge in [0.2, 0.25) is 5.89 Å². The molecule has 0 amide bonds. The van der Waals surface area contributed by atoms with Gasteiger partial charge >= 0.3 is 0 Å². The van der Waals surface area contributed by atoms with E-state index in [0.29, 0.717) is 24.5 Å². The number of nitrogens with zero attached hydrogens (tertiary/aromatic N) is 3. The Labute approximate surface area is 144 Å². The van der Waals surface area contributed by atoms with E-state index >= 15 is 0 Å². The Morgan fingerprint density at radius 2 is 2.04 bits per heavy atom. The van der Waals surface area contributed by atoms with Crippen molar-refractivity contribution < 1.29 is 9.26 Å². The molecule has 1 atom stereocenters. The average molecular weight is 329 g/mol. The second-order valence-electron chi connectivity index (χ2n) is 6.99. The molecule has 1 unspecified atom stereocenters. The maximum Gasteiger partial charge on any atom is 0.240 e.